The molecule has 1 saturated heterocycles. The zero-order chi connectivity index (χ0) is 23.8. The van der Waals surface area contributed by atoms with Crippen LogP contribution >= 0.6 is 0 Å². The van der Waals surface area contributed by atoms with Crippen LogP contribution < -0.4 is 10.5 Å². The molecule has 1 aliphatic heterocycles. The SMILES string of the molecule is CC(C)c1nc(-c2cnc(N)c(OC(F)(F)F)c2)cn1[C@@H]1CC(N2CCCOCC2)C[C@@H]1C. The molecule has 33 heavy (non-hydrogen) atoms. The lowest BCUT2D eigenvalue weighted by molar-refractivity contribution is -0.274. The van der Waals surface area contributed by atoms with Crippen LogP contribution in [0.1, 0.15) is 57.8 Å². The normalized spacial score (nSPS) is 24.9. The summed E-state index contributed by atoms with van der Waals surface area (Å²) in [6, 6.07) is 2.01. The summed E-state index contributed by atoms with van der Waals surface area (Å²) in [5.41, 5.74) is 6.61. The molecule has 0 spiro atoms. The van der Waals surface area contributed by atoms with E-state index in [0.717, 1.165) is 51.4 Å². The number of imidazole rings is 1. The molecule has 2 aromatic rings. The number of anilines is 1. The predicted octanol–water partition coefficient (Wildman–Crippen LogP) is 4.61. The molecule has 2 aliphatic rings. The maximum Gasteiger partial charge on any atom is 0.573 e. The lowest BCUT2D eigenvalue weighted by atomic mass is 10.1. The van der Waals surface area contributed by atoms with Gasteiger partial charge in [-0.05, 0) is 31.2 Å². The molecule has 2 N–H and O–H groups in total. The number of alkyl halides is 3. The van der Waals surface area contributed by atoms with Crippen LogP contribution in [0.25, 0.3) is 11.3 Å². The van der Waals surface area contributed by atoms with Crippen molar-refractivity contribution in [2.45, 2.75) is 64.4 Å². The molecule has 2 fully saturated rings. The Kier molecular flexibility index (Phi) is 6.86. The highest BCUT2D eigenvalue weighted by atomic mass is 19.4. The fraction of sp³-hybridized carbons (Fsp3) is 0.652. The molecule has 0 amide bonds. The maximum atomic E-state index is 12.8. The molecule has 1 unspecified atom stereocenters. The van der Waals surface area contributed by atoms with Gasteiger partial charge < -0.3 is 19.8 Å². The molecule has 7 nitrogen and oxygen atoms in total. The third-order valence-electron chi connectivity index (χ3n) is 6.63. The summed E-state index contributed by atoms with van der Waals surface area (Å²) < 4.78 is 50.2. The van der Waals surface area contributed by atoms with Crippen LogP contribution in [-0.2, 0) is 4.74 Å². The first-order valence-corrected chi connectivity index (χ1v) is 11.5. The summed E-state index contributed by atoms with van der Waals surface area (Å²) in [5, 5.41) is 0. The molecule has 10 heteroatoms. The van der Waals surface area contributed by atoms with Crippen LogP contribution in [0, 0.1) is 5.92 Å². The summed E-state index contributed by atoms with van der Waals surface area (Å²) in [6.07, 6.45) is 1.70. The molecule has 3 heterocycles. The molecular formula is C23H32F3N5O2. The number of hydrogen-bond acceptors (Lipinski definition) is 6. The second kappa shape index (κ2) is 9.50. The smallest absolute Gasteiger partial charge is 0.402 e. The predicted molar refractivity (Wildman–Crippen MR) is 119 cm³/mol. The minimum atomic E-state index is -4.84. The van der Waals surface area contributed by atoms with Crippen molar-refractivity contribution >= 4 is 5.82 Å². The second-order valence-electron chi connectivity index (χ2n) is 9.37. The van der Waals surface area contributed by atoms with Crippen molar-refractivity contribution in [1.82, 2.24) is 19.4 Å². The van der Waals surface area contributed by atoms with Gasteiger partial charge in [-0.25, -0.2) is 9.97 Å². The van der Waals surface area contributed by atoms with E-state index in [-0.39, 0.29) is 17.8 Å². The summed E-state index contributed by atoms with van der Waals surface area (Å²) in [4.78, 5) is 11.2. The van der Waals surface area contributed by atoms with Crippen molar-refractivity contribution in [3.8, 4) is 17.0 Å². The van der Waals surface area contributed by atoms with Gasteiger partial charge in [0.2, 0.25) is 0 Å². The van der Waals surface area contributed by atoms with Gasteiger partial charge in [0.25, 0.3) is 0 Å². The Bertz CT molecular complexity index is 954. The average molecular weight is 468 g/mol. The largest absolute Gasteiger partial charge is 0.573 e. The summed E-state index contributed by atoms with van der Waals surface area (Å²) in [7, 11) is 0. The number of ether oxygens (including phenoxy) is 2. The van der Waals surface area contributed by atoms with Gasteiger partial charge in [0.05, 0.1) is 12.3 Å². The van der Waals surface area contributed by atoms with E-state index < -0.39 is 12.1 Å². The third-order valence-corrected chi connectivity index (χ3v) is 6.63. The fourth-order valence-corrected chi connectivity index (χ4v) is 5.05. The third kappa shape index (κ3) is 5.43. The van der Waals surface area contributed by atoms with Crippen molar-refractivity contribution in [2.24, 2.45) is 5.92 Å². The monoisotopic (exact) mass is 467 g/mol. The number of pyridine rings is 1. The van der Waals surface area contributed by atoms with Gasteiger partial charge in [-0.15, -0.1) is 13.2 Å². The molecule has 1 saturated carbocycles. The molecule has 1 aliphatic carbocycles. The van der Waals surface area contributed by atoms with Gasteiger partial charge >= 0.3 is 6.36 Å². The Morgan fingerprint density at radius 3 is 2.73 bits per heavy atom. The van der Waals surface area contributed by atoms with Crippen molar-refractivity contribution in [3.63, 3.8) is 0 Å². The van der Waals surface area contributed by atoms with Crippen LogP contribution in [0.4, 0.5) is 19.0 Å². The number of rotatable bonds is 5. The van der Waals surface area contributed by atoms with Gasteiger partial charge in [0, 0.05) is 55.7 Å². The number of nitrogens with two attached hydrogens (primary N) is 1. The molecule has 2 aromatic heterocycles. The van der Waals surface area contributed by atoms with E-state index in [1.165, 1.54) is 12.3 Å². The highest BCUT2D eigenvalue weighted by Crippen LogP contribution is 2.41. The van der Waals surface area contributed by atoms with E-state index >= 15 is 0 Å². The number of halogens is 3. The number of aromatic nitrogens is 3. The van der Waals surface area contributed by atoms with E-state index in [1.54, 1.807) is 0 Å². The average Bonchev–Trinajstić information content (AvgIpc) is 3.23. The maximum absolute atomic E-state index is 12.8. The lowest BCUT2D eigenvalue weighted by Gasteiger charge is -2.27. The Morgan fingerprint density at radius 2 is 2.00 bits per heavy atom. The molecule has 0 radical (unpaired) electrons. The Labute approximate surface area is 192 Å². The van der Waals surface area contributed by atoms with Crippen LogP contribution in [0.3, 0.4) is 0 Å². The second-order valence-corrected chi connectivity index (χ2v) is 9.37. The quantitative estimate of drug-likeness (QED) is 0.692. The Balaban J connectivity index is 1.62. The van der Waals surface area contributed by atoms with Crippen molar-refractivity contribution < 1.29 is 22.6 Å². The molecule has 3 atom stereocenters. The molecule has 0 bridgehead atoms. The molecular weight excluding hydrogens is 435 g/mol. The van der Waals surface area contributed by atoms with E-state index in [9.17, 15) is 13.2 Å². The summed E-state index contributed by atoms with van der Waals surface area (Å²) in [5.74, 6) is 0.694. The first-order chi connectivity index (χ1) is 15.6. The zero-order valence-corrected chi connectivity index (χ0v) is 19.3. The molecule has 0 aromatic carbocycles. The van der Waals surface area contributed by atoms with E-state index in [2.05, 4.69) is 40.0 Å². The highest BCUT2D eigenvalue weighted by Gasteiger charge is 2.37. The van der Waals surface area contributed by atoms with Gasteiger partial charge in [-0.2, -0.15) is 0 Å². The van der Waals surface area contributed by atoms with Crippen molar-refractivity contribution in [2.75, 3.05) is 32.0 Å². The van der Waals surface area contributed by atoms with E-state index in [1.807, 2.05) is 6.20 Å². The Morgan fingerprint density at radius 1 is 1.21 bits per heavy atom. The van der Waals surface area contributed by atoms with E-state index in [0.29, 0.717) is 23.2 Å². The number of hydrogen-bond donors (Lipinski definition) is 1. The first kappa shape index (κ1) is 23.8. The number of nitrogen functional groups attached to an aromatic ring is 1. The summed E-state index contributed by atoms with van der Waals surface area (Å²) in [6.45, 7) is 10.0. The lowest BCUT2D eigenvalue weighted by Crippen LogP contribution is -2.35. The van der Waals surface area contributed by atoms with Crippen LogP contribution in [0.2, 0.25) is 0 Å². The van der Waals surface area contributed by atoms with Crippen LogP contribution in [0.5, 0.6) is 5.75 Å². The van der Waals surface area contributed by atoms with Crippen LogP contribution in [0.15, 0.2) is 18.5 Å². The zero-order valence-electron chi connectivity index (χ0n) is 19.3. The minimum absolute atomic E-state index is 0.157. The fourth-order valence-electron chi connectivity index (χ4n) is 5.05. The topological polar surface area (TPSA) is 78.4 Å². The first-order valence-electron chi connectivity index (χ1n) is 11.5. The van der Waals surface area contributed by atoms with E-state index in [4.69, 9.17) is 15.5 Å². The Hall–Kier alpha value is -2.33. The standard InChI is InChI=1S/C23H32F3N5O2/c1-14(2)22-29-18(16-10-20(21(27)28-12-16)33-23(24,25)26)13-31(22)19-11-17(9-15(19)3)30-5-4-7-32-8-6-30/h10,12-15,17,19H,4-9,11H2,1-3H3,(H2,27,28)/t15-,17?,19+/m0/s1. The van der Waals surface area contributed by atoms with Gasteiger partial charge in [0.15, 0.2) is 11.6 Å². The van der Waals surface area contributed by atoms with Crippen molar-refractivity contribution in [3.05, 3.63) is 24.3 Å². The highest BCUT2D eigenvalue weighted by molar-refractivity contribution is 5.64. The van der Waals surface area contributed by atoms with Crippen LogP contribution in [-0.4, -0.2) is 58.1 Å². The molecule has 4 rings (SSSR count). The number of nitrogens with zero attached hydrogens (tertiary/aromatic N) is 4. The molecule has 182 valence electrons. The summed E-state index contributed by atoms with van der Waals surface area (Å²) >= 11 is 0. The van der Waals surface area contributed by atoms with Gasteiger partial charge in [-0.1, -0.05) is 20.8 Å². The van der Waals surface area contributed by atoms with Gasteiger partial charge in [0.1, 0.15) is 5.82 Å². The minimum Gasteiger partial charge on any atom is -0.402 e. The van der Waals surface area contributed by atoms with Gasteiger partial charge in [-0.3, -0.25) is 4.90 Å². The van der Waals surface area contributed by atoms with Crippen molar-refractivity contribution in [1.29, 1.82) is 0 Å².